The highest BCUT2D eigenvalue weighted by molar-refractivity contribution is 14.0. The van der Waals surface area contributed by atoms with Crippen molar-refractivity contribution in [2.45, 2.75) is 52.0 Å². The number of furan rings is 1. The molecule has 1 aliphatic rings. The van der Waals surface area contributed by atoms with E-state index in [1.54, 1.807) is 18.0 Å². The second-order valence-electron chi connectivity index (χ2n) is 7.24. The summed E-state index contributed by atoms with van der Waals surface area (Å²) in [6.07, 6.45) is 8.43. The third kappa shape index (κ3) is 9.19. The molecule has 6 nitrogen and oxygen atoms in total. The molecule has 0 bridgehead atoms. The summed E-state index contributed by atoms with van der Waals surface area (Å²) in [5.41, 5.74) is 0. The molecule has 1 aliphatic heterocycles. The Labute approximate surface area is 197 Å². The van der Waals surface area contributed by atoms with E-state index in [1.807, 2.05) is 17.0 Å². The number of nitrogens with one attached hydrogen (secondary N) is 2. The molecule has 0 unspecified atom stereocenters. The first-order valence-electron chi connectivity index (χ1n) is 10.5. The van der Waals surface area contributed by atoms with Crippen LogP contribution in [0.15, 0.2) is 27.8 Å². The largest absolute Gasteiger partial charge is 0.469 e. The fourth-order valence-corrected chi connectivity index (χ4v) is 3.77. The zero-order chi connectivity index (χ0) is 20.2. The summed E-state index contributed by atoms with van der Waals surface area (Å²) in [4.78, 5) is 19.3. The molecule has 2 rings (SSSR count). The van der Waals surface area contributed by atoms with Gasteiger partial charge in [-0.3, -0.25) is 9.79 Å². The van der Waals surface area contributed by atoms with Gasteiger partial charge in [-0.25, -0.2) is 0 Å². The van der Waals surface area contributed by atoms with E-state index in [-0.39, 0.29) is 29.9 Å². The number of nitrogens with zero attached hydrogens (tertiary/aromatic N) is 2. The van der Waals surface area contributed by atoms with E-state index < -0.39 is 0 Å². The van der Waals surface area contributed by atoms with Crippen LogP contribution in [-0.2, 0) is 11.2 Å². The minimum atomic E-state index is 0. The van der Waals surface area contributed by atoms with E-state index in [0.29, 0.717) is 11.9 Å². The number of halogens is 1. The molecule has 1 saturated heterocycles. The van der Waals surface area contributed by atoms with Gasteiger partial charge < -0.3 is 20.0 Å². The number of aliphatic imine (C=N–C) groups is 1. The number of piperidine rings is 1. The molecule has 1 fully saturated rings. The first-order chi connectivity index (χ1) is 13.7. The molecule has 166 valence electrons. The van der Waals surface area contributed by atoms with Crippen molar-refractivity contribution in [1.29, 1.82) is 0 Å². The Balaban J connectivity index is 0.00000420. The number of carbonyl (C=O) groups is 1. The molecule has 2 N–H and O–H groups in total. The van der Waals surface area contributed by atoms with Crippen molar-refractivity contribution in [3.8, 4) is 0 Å². The average Bonchev–Trinajstić information content (AvgIpc) is 3.23. The van der Waals surface area contributed by atoms with Crippen LogP contribution in [0.3, 0.4) is 0 Å². The molecule has 0 saturated carbocycles. The van der Waals surface area contributed by atoms with Gasteiger partial charge in [0.1, 0.15) is 5.76 Å². The molecular formula is C21H37IN4O2S. The van der Waals surface area contributed by atoms with E-state index in [4.69, 9.17) is 9.41 Å². The van der Waals surface area contributed by atoms with Crippen LogP contribution >= 0.6 is 35.7 Å². The summed E-state index contributed by atoms with van der Waals surface area (Å²) in [6.45, 7) is 7.45. The fourth-order valence-electron chi connectivity index (χ4n) is 3.49. The van der Waals surface area contributed by atoms with E-state index in [1.165, 1.54) is 0 Å². The topological polar surface area (TPSA) is 69.9 Å². The summed E-state index contributed by atoms with van der Waals surface area (Å²) in [5.74, 6) is 3.35. The van der Waals surface area contributed by atoms with Crippen LogP contribution in [0, 0.1) is 5.92 Å². The zero-order valence-electron chi connectivity index (χ0n) is 18.0. The number of hydrogen-bond acceptors (Lipinski definition) is 4. The van der Waals surface area contributed by atoms with Crippen molar-refractivity contribution in [2.24, 2.45) is 10.9 Å². The molecule has 0 spiro atoms. The van der Waals surface area contributed by atoms with Gasteiger partial charge in [0.15, 0.2) is 5.96 Å². The minimum Gasteiger partial charge on any atom is -0.469 e. The normalized spacial score (nSPS) is 15.3. The maximum absolute atomic E-state index is 12.6. The number of thioether (sulfide) groups is 1. The molecule has 29 heavy (non-hydrogen) atoms. The predicted octanol–water partition coefficient (Wildman–Crippen LogP) is 3.77. The summed E-state index contributed by atoms with van der Waals surface area (Å²) in [6, 6.07) is 4.26. The highest BCUT2D eigenvalue weighted by Gasteiger charge is 2.26. The standard InChI is InChI=1S/C21H36N4O2S.HI/c1-4-17(5-2)20(26)25-13-9-18(10-14-25)24-21(23-12-16-28-3)22-11-8-19-7-6-15-27-19;/h6-7,15,17-18H,4-5,8-14,16H2,1-3H3,(H2,22,23,24);1H. The maximum atomic E-state index is 12.6. The van der Waals surface area contributed by atoms with Crippen molar-refractivity contribution < 1.29 is 9.21 Å². The monoisotopic (exact) mass is 536 g/mol. The van der Waals surface area contributed by atoms with Crippen LogP contribution < -0.4 is 10.6 Å². The van der Waals surface area contributed by atoms with E-state index in [9.17, 15) is 4.79 Å². The van der Waals surface area contributed by atoms with Gasteiger partial charge in [0.05, 0.1) is 12.8 Å². The third-order valence-electron chi connectivity index (χ3n) is 5.29. The average molecular weight is 537 g/mol. The Bertz CT molecular complexity index is 586. The summed E-state index contributed by atoms with van der Waals surface area (Å²) < 4.78 is 5.39. The van der Waals surface area contributed by atoms with Crippen LogP contribution in [0.25, 0.3) is 0 Å². The van der Waals surface area contributed by atoms with Crippen molar-refractivity contribution in [1.82, 2.24) is 15.5 Å². The van der Waals surface area contributed by atoms with E-state index in [2.05, 4.69) is 30.7 Å². The lowest BCUT2D eigenvalue weighted by Crippen LogP contribution is -2.51. The summed E-state index contributed by atoms with van der Waals surface area (Å²) >= 11 is 1.80. The first kappa shape index (κ1) is 26.1. The number of hydrogen-bond donors (Lipinski definition) is 2. The van der Waals surface area contributed by atoms with Crippen LogP contribution in [-0.4, -0.2) is 61.0 Å². The Morgan fingerprint density at radius 1 is 1.34 bits per heavy atom. The molecule has 1 amide bonds. The Morgan fingerprint density at radius 3 is 2.66 bits per heavy atom. The lowest BCUT2D eigenvalue weighted by Gasteiger charge is -2.35. The number of amides is 1. The second kappa shape index (κ2) is 15.0. The molecule has 0 aliphatic carbocycles. The molecule has 1 aromatic rings. The lowest BCUT2D eigenvalue weighted by molar-refractivity contribution is -0.136. The second-order valence-corrected chi connectivity index (χ2v) is 8.22. The third-order valence-corrected chi connectivity index (χ3v) is 5.88. The maximum Gasteiger partial charge on any atom is 0.225 e. The van der Waals surface area contributed by atoms with E-state index >= 15 is 0 Å². The number of rotatable bonds is 10. The van der Waals surface area contributed by atoms with Gasteiger partial charge in [-0.15, -0.1) is 24.0 Å². The van der Waals surface area contributed by atoms with Crippen LogP contribution in [0.2, 0.25) is 0 Å². The molecule has 8 heteroatoms. The molecule has 0 atom stereocenters. The summed E-state index contributed by atoms with van der Waals surface area (Å²) in [7, 11) is 0. The van der Waals surface area contributed by atoms with Gasteiger partial charge in [-0.1, -0.05) is 13.8 Å². The first-order valence-corrected chi connectivity index (χ1v) is 11.9. The molecule has 0 aromatic carbocycles. The summed E-state index contributed by atoms with van der Waals surface area (Å²) in [5, 5.41) is 7.00. The van der Waals surface area contributed by atoms with Crippen molar-refractivity contribution in [3.05, 3.63) is 24.2 Å². The quantitative estimate of drug-likeness (QED) is 0.206. The highest BCUT2D eigenvalue weighted by Crippen LogP contribution is 2.17. The smallest absolute Gasteiger partial charge is 0.225 e. The van der Waals surface area contributed by atoms with Crippen LogP contribution in [0.1, 0.15) is 45.3 Å². The van der Waals surface area contributed by atoms with Crippen LogP contribution in [0.4, 0.5) is 0 Å². The van der Waals surface area contributed by atoms with E-state index in [0.717, 1.165) is 75.8 Å². The van der Waals surface area contributed by atoms with Gasteiger partial charge in [-0.05, 0) is 44.1 Å². The van der Waals surface area contributed by atoms with Gasteiger partial charge >= 0.3 is 0 Å². The van der Waals surface area contributed by atoms with Gasteiger partial charge in [0.25, 0.3) is 0 Å². The molecular weight excluding hydrogens is 499 g/mol. The van der Waals surface area contributed by atoms with Crippen molar-refractivity contribution in [3.63, 3.8) is 0 Å². The van der Waals surface area contributed by atoms with Crippen molar-refractivity contribution in [2.75, 3.05) is 38.2 Å². The van der Waals surface area contributed by atoms with Gasteiger partial charge in [0, 0.05) is 43.8 Å². The lowest BCUT2D eigenvalue weighted by atomic mass is 9.98. The highest BCUT2D eigenvalue weighted by atomic mass is 127. The number of guanidine groups is 1. The predicted molar refractivity (Wildman–Crippen MR) is 133 cm³/mol. The SMILES string of the molecule is CCC(CC)C(=O)N1CCC(NC(=NCCSC)NCCc2ccco2)CC1.I. The number of likely N-dealkylation sites (tertiary alicyclic amines) is 1. The zero-order valence-corrected chi connectivity index (χ0v) is 21.1. The molecule has 2 heterocycles. The van der Waals surface area contributed by atoms with Gasteiger partial charge in [0.2, 0.25) is 5.91 Å². The number of carbonyl (C=O) groups excluding carboxylic acids is 1. The van der Waals surface area contributed by atoms with Crippen LogP contribution in [0.5, 0.6) is 0 Å². The minimum absolute atomic E-state index is 0. The van der Waals surface area contributed by atoms with Crippen molar-refractivity contribution >= 4 is 47.6 Å². The molecule has 0 radical (unpaired) electrons. The Kier molecular flexibility index (Phi) is 13.5. The fraction of sp³-hybridized carbons (Fsp3) is 0.714. The Hall–Kier alpha value is -0.900. The van der Waals surface area contributed by atoms with Gasteiger partial charge in [-0.2, -0.15) is 11.8 Å². The molecule has 1 aromatic heterocycles. The Morgan fingerprint density at radius 2 is 2.07 bits per heavy atom.